The molecule has 0 rings (SSSR count). The summed E-state index contributed by atoms with van der Waals surface area (Å²) in [5.74, 6) is 0.343. The smallest absolute Gasteiger partial charge is 0.136 e. The Morgan fingerprint density at radius 2 is 1.56 bits per heavy atom. The summed E-state index contributed by atoms with van der Waals surface area (Å²) >= 11 is 4.53. The van der Waals surface area contributed by atoms with Crippen LogP contribution >= 0.6 is 12.2 Å². The van der Waals surface area contributed by atoms with Gasteiger partial charge >= 0.3 is 0 Å². The summed E-state index contributed by atoms with van der Waals surface area (Å²) in [5.41, 5.74) is 0. The quantitative estimate of drug-likeness (QED) is 0.175. The van der Waals surface area contributed by atoms with Gasteiger partial charge in [-0.1, -0.05) is 65.2 Å². The van der Waals surface area contributed by atoms with Gasteiger partial charge in [0.2, 0.25) is 0 Å². The molecular weight excluding hydrogens is 330 g/mol. The van der Waals surface area contributed by atoms with Crippen LogP contribution in [0.4, 0.5) is 0 Å². The maximum Gasteiger partial charge on any atom is 0.136 e. The molecule has 0 aliphatic carbocycles. The topological polar surface area (TPSA) is 46.5 Å². The van der Waals surface area contributed by atoms with Gasteiger partial charge in [0.1, 0.15) is 11.6 Å². The maximum absolute atomic E-state index is 12.4. The number of unbranched alkanes of at least 4 members (excludes halogenated alkanes) is 7. The van der Waals surface area contributed by atoms with Crippen molar-refractivity contribution in [3.63, 3.8) is 0 Å². The number of rotatable bonds is 17. The van der Waals surface area contributed by atoms with Gasteiger partial charge in [0, 0.05) is 24.8 Å². The minimum atomic E-state index is -0.125. The van der Waals surface area contributed by atoms with Crippen LogP contribution in [0.15, 0.2) is 4.99 Å². The van der Waals surface area contributed by atoms with Crippen molar-refractivity contribution in [1.29, 1.82) is 0 Å². The lowest BCUT2D eigenvalue weighted by molar-refractivity contribution is -0.129. The molecule has 144 valence electrons. The normalized spacial score (nSPS) is 13.1. The van der Waals surface area contributed by atoms with E-state index in [1.165, 1.54) is 38.5 Å². The third-order valence-electron chi connectivity index (χ3n) is 4.95. The molecule has 0 aromatic carbocycles. The highest BCUT2D eigenvalue weighted by atomic mass is 32.1. The fourth-order valence-electron chi connectivity index (χ4n) is 3.09. The van der Waals surface area contributed by atoms with Crippen molar-refractivity contribution in [3.05, 3.63) is 0 Å². The molecule has 0 radical (unpaired) electrons. The Morgan fingerprint density at radius 3 is 2.16 bits per heavy atom. The molecule has 4 heteroatoms. The summed E-state index contributed by atoms with van der Waals surface area (Å²) < 4.78 is 0. The number of ketones is 2. The average Bonchev–Trinajstić information content (AvgIpc) is 2.59. The second kappa shape index (κ2) is 16.6. The zero-order valence-corrected chi connectivity index (χ0v) is 17.3. The number of Topliss-reactive ketones (excluding diaryl/α,β-unsaturated/α-hetero) is 2. The van der Waals surface area contributed by atoms with Gasteiger partial charge in [-0.2, -0.15) is 0 Å². The highest BCUT2D eigenvalue weighted by Crippen LogP contribution is 2.20. The molecule has 0 saturated heterocycles. The number of carbonyl (C=O) groups excluding carboxylic acids is 2. The predicted molar refractivity (Wildman–Crippen MR) is 109 cm³/mol. The zero-order valence-electron chi connectivity index (χ0n) is 16.5. The number of nitrogens with zero attached hydrogens (tertiary/aromatic N) is 1. The summed E-state index contributed by atoms with van der Waals surface area (Å²) in [7, 11) is 0. The second-order valence-corrected chi connectivity index (χ2v) is 7.44. The Bertz CT molecular complexity index is 416. The van der Waals surface area contributed by atoms with Crippen LogP contribution in [-0.2, 0) is 9.59 Å². The minimum absolute atomic E-state index is 0.0805. The van der Waals surface area contributed by atoms with E-state index in [2.05, 4.69) is 29.3 Å². The summed E-state index contributed by atoms with van der Waals surface area (Å²) in [6, 6.07) is 0. The van der Waals surface area contributed by atoms with Crippen molar-refractivity contribution in [1.82, 2.24) is 0 Å². The Morgan fingerprint density at radius 1 is 0.960 bits per heavy atom. The fraction of sp³-hybridized carbons (Fsp3) is 0.857. The monoisotopic (exact) mass is 367 g/mol. The fourth-order valence-corrected chi connectivity index (χ4v) is 3.18. The summed E-state index contributed by atoms with van der Waals surface area (Å²) in [5, 5.41) is 2.35. The van der Waals surface area contributed by atoms with E-state index in [0.29, 0.717) is 13.0 Å². The van der Waals surface area contributed by atoms with Crippen LogP contribution in [0.5, 0.6) is 0 Å². The predicted octanol–water partition coefficient (Wildman–Crippen LogP) is 6.20. The maximum atomic E-state index is 12.4. The van der Waals surface area contributed by atoms with Crippen LogP contribution < -0.4 is 0 Å². The molecular formula is C21H37NO2S. The van der Waals surface area contributed by atoms with Gasteiger partial charge in [-0.3, -0.25) is 9.59 Å². The first-order valence-electron chi connectivity index (χ1n) is 10.1. The lowest BCUT2D eigenvalue weighted by Crippen LogP contribution is -2.20. The van der Waals surface area contributed by atoms with E-state index in [0.717, 1.165) is 32.1 Å². The Labute approximate surface area is 160 Å². The third-order valence-corrected chi connectivity index (χ3v) is 5.08. The molecule has 0 fully saturated rings. The highest BCUT2D eigenvalue weighted by molar-refractivity contribution is 7.78. The molecule has 0 heterocycles. The van der Waals surface area contributed by atoms with E-state index in [9.17, 15) is 9.59 Å². The molecule has 3 nitrogen and oxygen atoms in total. The van der Waals surface area contributed by atoms with Crippen molar-refractivity contribution in [2.75, 3.05) is 6.54 Å². The summed E-state index contributed by atoms with van der Waals surface area (Å²) in [4.78, 5) is 28.1. The number of hydrogen-bond donors (Lipinski definition) is 0. The zero-order chi connectivity index (χ0) is 18.9. The molecule has 25 heavy (non-hydrogen) atoms. The SMILES string of the molecule is CCCCCCCCCC(C)C(=O)CC(CCCCN=C=S)C(C)=O. The van der Waals surface area contributed by atoms with Gasteiger partial charge in [0.15, 0.2) is 0 Å². The molecule has 0 N–H and O–H groups in total. The molecule has 0 aromatic heterocycles. The lowest BCUT2D eigenvalue weighted by Gasteiger charge is -2.16. The third kappa shape index (κ3) is 14.0. The summed E-state index contributed by atoms with van der Waals surface area (Å²) in [6.45, 7) is 6.52. The number of hydrogen-bond acceptors (Lipinski definition) is 4. The van der Waals surface area contributed by atoms with Crippen LogP contribution in [0.2, 0.25) is 0 Å². The molecule has 0 aromatic rings. The Hall–Kier alpha value is -0.860. The Balaban J connectivity index is 3.97. The van der Waals surface area contributed by atoms with Gasteiger partial charge in [-0.15, -0.1) is 0 Å². The molecule has 2 atom stereocenters. The minimum Gasteiger partial charge on any atom is -0.300 e. The van der Waals surface area contributed by atoms with Gasteiger partial charge < -0.3 is 0 Å². The first-order valence-corrected chi connectivity index (χ1v) is 10.5. The average molecular weight is 368 g/mol. The number of aliphatic imine (C=N–C) groups is 1. The van der Waals surface area contributed by atoms with E-state index in [1.54, 1.807) is 6.92 Å². The van der Waals surface area contributed by atoms with E-state index in [-0.39, 0.29) is 23.4 Å². The first kappa shape index (κ1) is 24.1. The Kier molecular flexibility index (Phi) is 16.0. The van der Waals surface area contributed by atoms with Crippen molar-refractivity contribution >= 4 is 28.9 Å². The van der Waals surface area contributed by atoms with Crippen LogP contribution in [0, 0.1) is 11.8 Å². The molecule has 0 amide bonds. The molecule has 2 unspecified atom stereocenters. The molecule has 0 aliphatic rings. The van der Waals surface area contributed by atoms with Crippen LogP contribution in [-0.4, -0.2) is 23.3 Å². The first-order chi connectivity index (χ1) is 12.0. The number of thiocarbonyl (C=S) groups is 1. The van der Waals surface area contributed by atoms with Gasteiger partial charge in [0.05, 0.1) is 5.16 Å². The van der Waals surface area contributed by atoms with E-state index >= 15 is 0 Å². The van der Waals surface area contributed by atoms with Gasteiger partial charge in [0.25, 0.3) is 0 Å². The highest BCUT2D eigenvalue weighted by Gasteiger charge is 2.21. The van der Waals surface area contributed by atoms with E-state index < -0.39 is 0 Å². The molecule has 0 aliphatic heterocycles. The van der Waals surface area contributed by atoms with Gasteiger partial charge in [-0.05, 0) is 38.4 Å². The van der Waals surface area contributed by atoms with Crippen LogP contribution in [0.3, 0.4) is 0 Å². The second-order valence-electron chi connectivity index (χ2n) is 7.26. The van der Waals surface area contributed by atoms with Crippen LogP contribution in [0.25, 0.3) is 0 Å². The molecule has 0 saturated carbocycles. The lowest BCUT2D eigenvalue weighted by atomic mass is 9.87. The van der Waals surface area contributed by atoms with Crippen molar-refractivity contribution < 1.29 is 9.59 Å². The van der Waals surface area contributed by atoms with Crippen LogP contribution in [0.1, 0.15) is 97.8 Å². The molecule has 0 bridgehead atoms. The number of isothiocyanates is 1. The molecule has 0 spiro atoms. The number of carbonyl (C=O) groups is 2. The van der Waals surface area contributed by atoms with Crippen molar-refractivity contribution in [3.8, 4) is 0 Å². The van der Waals surface area contributed by atoms with Crippen molar-refractivity contribution in [2.45, 2.75) is 97.8 Å². The van der Waals surface area contributed by atoms with E-state index in [4.69, 9.17) is 0 Å². The van der Waals surface area contributed by atoms with E-state index in [1.807, 2.05) is 6.92 Å². The standard InChI is InChI=1S/C21H37NO2S/c1-4-5-6-7-8-9-10-13-18(2)21(24)16-20(19(3)23)14-11-12-15-22-17-25/h18,20H,4-16H2,1-3H3. The summed E-state index contributed by atoms with van der Waals surface area (Å²) in [6.07, 6.45) is 12.8. The van der Waals surface area contributed by atoms with Gasteiger partial charge in [-0.25, -0.2) is 4.99 Å². The van der Waals surface area contributed by atoms with Crippen molar-refractivity contribution in [2.24, 2.45) is 16.8 Å². The largest absolute Gasteiger partial charge is 0.300 e.